The molecule has 0 aromatic carbocycles. The Morgan fingerprint density at radius 1 is 1.05 bits per heavy atom. The van der Waals surface area contributed by atoms with E-state index in [4.69, 9.17) is 0 Å². The summed E-state index contributed by atoms with van der Waals surface area (Å²) in [6, 6.07) is 0.588. The third-order valence-electron chi connectivity index (χ3n) is 4.23. The molecule has 0 spiro atoms. The Morgan fingerprint density at radius 3 is 2.30 bits per heavy atom. The van der Waals surface area contributed by atoms with Gasteiger partial charge in [-0.2, -0.15) is 5.10 Å². The van der Waals surface area contributed by atoms with Crippen LogP contribution < -0.4 is 5.32 Å². The van der Waals surface area contributed by atoms with Crippen LogP contribution in [0.4, 0.5) is 0 Å². The third-order valence-corrected chi connectivity index (χ3v) is 5.52. The van der Waals surface area contributed by atoms with Crippen molar-refractivity contribution >= 4 is 11.8 Å². The summed E-state index contributed by atoms with van der Waals surface area (Å²) in [6.45, 7) is 0. The highest BCUT2D eigenvalue weighted by atomic mass is 32.2. The van der Waals surface area contributed by atoms with Crippen molar-refractivity contribution in [1.29, 1.82) is 0 Å². The summed E-state index contributed by atoms with van der Waals surface area (Å²) >= 11 is 1.86. The van der Waals surface area contributed by atoms with Crippen LogP contribution in [-0.2, 0) is 0 Å². The van der Waals surface area contributed by atoms with Crippen LogP contribution in [0.2, 0.25) is 0 Å². The van der Waals surface area contributed by atoms with E-state index in [9.17, 15) is 0 Å². The van der Waals surface area contributed by atoms with Crippen LogP contribution in [0.15, 0.2) is 11.5 Å². The van der Waals surface area contributed by atoms with E-state index in [-0.39, 0.29) is 0 Å². The van der Waals surface area contributed by atoms with Crippen LogP contribution >= 0.6 is 11.8 Å². The van der Waals surface area contributed by atoms with Gasteiger partial charge in [-0.15, -0.1) is 0 Å². The van der Waals surface area contributed by atoms with Gasteiger partial charge >= 0.3 is 0 Å². The van der Waals surface area contributed by atoms with Gasteiger partial charge < -0.3 is 5.32 Å². The molecule has 2 atom stereocenters. The van der Waals surface area contributed by atoms with Crippen molar-refractivity contribution in [3.8, 4) is 0 Å². The van der Waals surface area contributed by atoms with Gasteiger partial charge in [0.2, 0.25) is 0 Å². The summed E-state index contributed by atoms with van der Waals surface area (Å²) in [7, 11) is 2.10. The van der Waals surface area contributed by atoms with Gasteiger partial charge in [-0.25, -0.2) is 4.98 Å². The number of aromatic amines is 1. The standard InChI is InChI=1S/C15H28N4S/c1-16-13-10-8-6-4-2-3-5-7-9-11-14(13)20-15-17-12-18-19-15/h12-14,16H,2-11H2,1H3,(H,17,18,19). The smallest absolute Gasteiger partial charge is 0.183 e. The SMILES string of the molecule is CNC1CCCCCCCCCCC1Sc1ncn[nH]1. The lowest BCUT2D eigenvalue weighted by molar-refractivity contribution is 0.434. The van der Waals surface area contributed by atoms with Crippen LogP contribution in [0.1, 0.15) is 64.2 Å². The number of rotatable bonds is 3. The first-order valence-corrected chi connectivity index (χ1v) is 8.97. The highest BCUT2D eigenvalue weighted by molar-refractivity contribution is 7.99. The molecule has 0 aliphatic heterocycles. The first kappa shape index (κ1) is 15.8. The number of H-pyrrole nitrogens is 1. The second kappa shape index (κ2) is 9.40. The molecule has 1 aromatic rings. The van der Waals surface area contributed by atoms with Gasteiger partial charge in [0.05, 0.1) is 0 Å². The van der Waals surface area contributed by atoms with Crippen LogP contribution in [0.5, 0.6) is 0 Å². The first-order valence-electron chi connectivity index (χ1n) is 8.09. The minimum absolute atomic E-state index is 0.588. The quantitative estimate of drug-likeness (QED) is 0.891. The maximum atomic E-state index is 4.28. The molecule has 1 saturated carbocycles. The van der Waals surface area contributed by atoms with Crippen molar-refractivity contribution in [1.82, 2.24) is 20.5 Å². The van der Waals surface area contributed by atoms with Gasteiger partial charge in [-0.1, -0.05) is 63.1 Å². The molecule has 0 saturated heterocycles. The number of hydrogen-bond donors (Lipinski definition) is 2. The lowest BCUT2D eigenvalue weighted by Crippen LogP contribution is -2.36. The van der Waals surface area contributed by atoms with Gasteiger partial charge in [0.1, 0.15) is 6.33 Å². The Kier molecular flexibility index (Phi) is 7.44. The van der Waals surface area contributed by atoms with Crippen molar-refractivity contribution in [2.75, 3.05) is 7.05 Å². The largest absolute Gasteiger partial charge is 0.316 e. The number of nitrogens with one attached hydrogen (secondary N) is 2. The highest BCUT2D eigenvalue weighted by Gasteiger charge is 2.22. The molecule has 1 fully saturated rings. The summed E-state index contributed by atoms with van der Waals surface area (Å²) in [6.07, 6.45) is 15.3. The summed E-state index contributed by atoms with van der Waals surface area (Å²) in [5, 5.41) is 12.1. The summed E-state index contributed by atoms with van der Waals surface area (Å²) < 4.78 is 0. The molecule has 2 unspecified atom stereocenters. The van der Waals surface area contributed by atoms with E-state index in [1.807, 2.05) is 11.8 Å². The van der Waals surface area contributed by atoms with Crippen LogP contribution in [-0.4, -0.2) is 33.5 Å². The fourth-order valence-corrected chi connectivity index (χ4v) is 4.24. The summed E-state index contributed by atoms with van der Waals surface area (Å²) in [5.74, 6) is 0. The Hall–Kier alpha value is -0.550. The summed E-state index contributed by atoms with van der Waals surface area (Å²) in [4.78, 5) is 4.28. The molecule has 20 heavy (non-hydrogen) atoms. The van der Waals surface area contributed by atoms with Crippen LogP contribution in [0.25, 0.3) is 0 Å². The molecule has 1 aliphatic carbocycles. The fourth-order valence-electron chi connectivity index (χ4n) is 3.02. The Balaban J connectivity index is 1.93. The lowest BCUT2D eigenvalue weighted by Gasteiger charge is -2.26. The molecule has 5 heteroatoms. The maximum Gasteiger partial charge on any atom is 0.183 e. The molecule has 2 N–H and O–H groups in total. The topological polar surface area (TPSA) is 53.6 Å². The van der Waals surface area contributed by atoms with Crippen LogP contribution in [0, 0.1) is 0 Å². The molecular weight excluding hydrogens is 268 g/mol. The minimum atomic E-state index is 0.588. The Labute approximate surface area is 126 Å². The van der Waals surface area contributed by atoms with Crippen molar-refractivity contribution in [3.05, 3.63) is 6.33 Å². The van der Waals surface area contributed by atoms with Crippen molar-refractivity contribution in [2.45, 2.75) is 80.7 Å². The van der Waals surface area contributed by atoms with Gasteiger partial charge in [-0.05, 0) is 19.9 Å². The molecule has 0 radical (unpaired) electrons. The monoisotopic (exact) mass is 296 g/mol. The van der Waals surface area contributed by atoms with Gasteiger partial charge in [0.15, 0.2) is 5.16 Å². The van der Waals surface area contributed by atoms with E-state index in [0.29, 0.717) is 11.3 Å². The van der Waals surface area contributed by atoms with Crippen LogP contribution in [0.3, 0.4) is 0 Å². The molecule has 0 bridgehead atoms. The molecule has 1 aliphatic rings. The van der Waals surface area contributed by atoms with E-state index >= 15 is 0 Å². The van der Waals surface area contributed by atoms with E-state index < -0.39 is 0 Å². The van der Waals surface area contributed by atoms with Crippen molar-refractivity contribution < 1.29 is 0 Å². The average Bonchev–Trinajstić information content (AvgIpc) is 2.95. The molecule has 2 rings (SSSR count). The van der Waals surface area contributed by atoms with E-state index in [0.717, 1.165) is 5.16 Å². The molecule has 0 amide bonds. The van der Waals surface area contributed by atoms with Gasteiger partial charge in [0.25, 0.3) is 0 Å². The molecule has 4 nitrogen and oxygen atoms in total. The predicted octanol–water partition coefficient (Wildman–Crippen LogP) is 3.77. The minimum Gasteiger partial charge on any atom is -0.316 e. The lowest BCUT2D eigenvalue weighted by atomic mass is 9.97. The summed E-state index contributed by atoms with van der Waals surface area (Å²) in [5.41, 5.74) is 0. The van der Waals surface area contributed by atoms with E-state index in [1.165, 1.54) is 64.2 Å². The van der Waals surface area contributed by atoms with Crippen molar-refractivity contribution in [3.63, 3.8) is 0 Å². The zero-order valence-electron chi connectivity index (χ0n) is 12.6. The Bertz CT molecular complexity index is 342. The highest BCUT2D eigenvalue weighted by Crippen LogP contribution is 2.29. The normalized spacial score (nSPS) is 26.6. The van der Waals surface area contributed by atoms with Gasteiger partial charge in [-0.3, -0.25) is 5.10 Å². The Morgan fingerprint density at radius 2 is 1.70 bits per heavy atom. The predicted molar refractivity (Wildman–Crippen MR) is 85.0 cm³/mol. The molecule has 1 heterocycles. The van der Waals surface area contributed by atoms with Crippen molar-refractivity contribution in [2.24, 2.45) is 0 Å². The number of thioether (sulfide) groups is 1. The zero-order chi connectivity index (χ0) is 14.0. The second-order valence-corrected chi connectivity index (χ2v) is 6.98. The second-order valence-electron chi connectivity index (χ2n) is 5.75. The molecule has 1 aromatic heterocycles. The first-order chi connectivity index (χ1) is 9.90. The number of nitrogens with zero attached hydrogens (tertiary/aromatic N) is 2. The molecule has 114 valence electrons. The average molecular weight is 296 g/mol. The number of aromatic nitrogens is 3. The maximum absolute atomic E-state index is 4.28. The third kappa shape index (κ3) is 5.44. The zero-order valence-corrected chi connectivity index (χ0v) is 13.4. The number of hydrogen-bond acceptors (Lipinski definition) is 4. The molecular formula is C15H28N4S. The van der Waals surface area contributed by atoms with E-state index in [2.05, 4.69) is 27.5 Å². The van der Waals surface area contributed by atoms with E-state index in [1.54, 1.807) is 6.33 Å². The fraction of sp³-hybridized carbons (Fsp3) is 0.867. The van der Waals surface area contributed by atoms with Gasteiger partial charge in [0, 0.05) is 11.3 Å².